The van der Waals surface area contributed by atoms with E-state index in [1.807, 2.05) is 0 Å². The van der Waals surface area contributed by atoms with Gasteiger partial charge in [-0.05, 0) is 19.1 Å². The first-order chi connectivity index (χ1) is 11.4. The molecule has 1 aromatic rings. The molecule has 1 atom stereocenters. The Labute approximate surface area is 141 Å². The molecule has 0 bridgehead atoms. The normalized spacial score (nSPS) is 17.9. The zero-order chi connectivity index (χ0) is 17.7. The third-order valence-corrected chi connectivity index (χ3v) is 6.07. The lowest BCUT2D eigenvalue weighted by molar-refractivity contribution is -0.917. The smallest absolute Gasteiger partial charge is 0.413 e. The Morgan fingerprint density at radius 3 is 2.33 bits per heavy atom. The van der Waals surface area contributed by atoms with Crippen molar-refractivity contribution >= 4 is 22.0 Å². The zero-order valence-corrected chi connectivity index (χ0v) is 14.5. The second kappa shape index (κ2) is 7.73. The van der Waals surface area contributed by atoms with Crippen molar-refractivity contribution in [2.45, 2.75) is 17.9 Å². The molecule has 2 amide bonds. The minimum atomic E-state index is -3.51. The first-order valence-corrected chi connectivity index (χ1v) is 9.09. The van der Waals surface area contributed by atoms with Gasteiger partial charge in [0.05, 0.1) is 38.2 Å². The monoisotopic (exact) mass is 356 g/mol. The van der Waals surface area contributed by atoms with Gasteiger partial charge in [0.1, 0.15) is 0 Å². The van der Waals surface area contributed by atoms with E-state index in [1.165, 1.54) is 11.4 Å². The number of sulfonamides is 1. The van der Waals surface area contributed by atoms with E-state index in [0.717, 1.165) is 4.90 Å². The highest BCUT2D eigenvalue weighted by Gasteiger charge is 2.34. The molecule has 0 radical (unpaired) electrons. The number of piperazine rings is 1. The van der Waals surface area contributed by atoms with Crippen LogP contribution in [0, 0.1) is 0 Å². The second-order valence-electron chi connectivity index (χ2n) is 5.58. The van der Waals surface area contributed by atoms with Crippen LogP contribution in [-0.4, -0.2) is 64.1 Å². The van der Waals surface area contributed by atoms with Crippen molar-refractivity contribution in [3.63, 3.8) is 0 Å². The highest BCUT2D eigenvalue weighted by Crippen LogP contribution is 2.14. The maximum atomic E-state index is 12.6. The number of methoxy groups -OCH3 is 1. The number of hydrogen-bond acceptors (Lipinski definition) is 5. The van der Waals surface area contributed by atoms with Gasteiger partial charge in [0.25, 0.3) is 5.91 Å². The van der Waals surface area contributed by atoms with Crippen molar-refractivity contribution in [1.29, 1.82) is 0 Å². The van der Waals surface area contributed by atoms with Crippen LogP contribution in [0.1, 0.15) is 6.92 Å². The summed E-state index contributed by atoms with van der Waals surface area (Å²) in [7, 11) is -2.32. The van der Waals surface area contributed by atoms with Crippen LogP contribution in [0.2, 0.25) is 0 Å². The second-order valence-corrected chi connectivity index (χ2v) is 7.52. The van der Waals surface area contributed by atoms with Crippen LogP contribution >= 0.6 is 0 Å². The lowest BCUT2D eigenvalue weighted by Gasteiger charge is -2.34. The lowest BCUT2D eigenvalue weighted by atomic mass is 10.2. The SMILES string of the molecule is COC(=O)NC(=O)[C@H](C)[NH+]1CCN(S(=O)(=O)c2ccccc2)CC1. The maximum absolute atomic E-state index is 12.6. The topological polar surface area (TPSA) is 97.2 Å². The van der Waals surface area contributed by atoms with Crippen molar-refractivity contribution in [3.05, 3.63) is 30.3 Å². The van der Waals surface area contributed by atoms with Crippen molar-refractivity contribution < 1.29 is 27.6 Å². The molecule has 0 aromatic heterocycles. The number of benzene rings is 1. The molecule has 2 N–H and O–H groups in total. The third-order valence-electron chi connectivity index (χ3n) is 4.16. The molecule has 0 aliphatic carbocycles. The minimum absolute atomic E-state index is 0.268. The molecule has 24 heavy (non-hydrogen) atoms. The number of nitrogens with one attached hydrogen (secondary N) is 2. The summed E-state index contributed by atoms with van der Waals surface area (Å²) >= 11 is 0. The molecule has 1 aromatic carbocycles. The van der Waals surface area contributed by atoms with Crippen LogP contribution in [0.4, 0.5) is 4.79 Å². The molecule has 132 valence electrons. The highest BCUT2D eigenvalue weighted by molar-refractivity contribution is 7.89. The minimum Gasteiger partial charge on any atom is -0.453 e. The Morgan fingerprint density at radius 2 is 1.79 bits per heavy atom. The number of hydrogen-bond donors (Lipinski definition) is 2. The molecule has 0 unspecified atom stereocenters. The van der Waals surface area contributed by atoms with Crippen LogP contribution in [0.25, 0.3) is 0 Å². The van der Waals surface area contributed by atoms with Crippen molar-refractivity contribution in [2.24, 2.45) is 0 Å². The van der Waals surface area contributed by atoms with Crippen LogP contribution < -0.4 is 10.2 Å². The number of alkyl carbamates (subject to hydrolysis) is 1. The Kier molecular flexibility index (Phi) is 5.92. The van der Waals surface area contributed by atoms with Gasteiger partial charge in [0.15, 0.2) is 6.04 Å². The summed E-state index contributed by atoms with van der Waals surface area (Å²) < 4.78 is 30.9. The Balaban J connectivity index is 1.96. The molecule has 9 heteroatoms. The fourth-order valence-electron chi connectivity index (χ4n) is 2.63. The molecule has 1 aliphatic heterocycles. The van der Waals surface area contributed by atoms with Crippen molar-refractivity contribution in [2.75, 3.05) is 33.3 Å². The number of rotatable bonds is 4. The van der Waals surface area contributed by atoms with Gasteiger partial charge in [-0.15, -0.1) is 0 Å². The van der Waals surface area contributed by atoms with Crippen LogP contribution in [0.5, 0.6) is 0 Å². The molecule has 1 fully saturated rings. The summed E-state index contributed by atoms with van der Waals surface area (Å²) in [6.07, 6.45) is -0.795. The molecule has 1 saturated heterocycles. The molecule has 0 saturated carbocycles. The number of nitrogens with zero attached hydrogens (tertiary/aromatic N) is 1. The highest BCUT2D eigenvalue weighted by atomic mass is 32.2. The number of quaternary nitrogens is 1. The van der Waals surface area contributed by atoms with Gasteiger partial charge in [0, 0.05) is 0 Å². The van der Waals surface area contributed by atoms with E-state index in [-0.39, 0.29) is 4.90 Å². The summed E-state index contributed by atoms with van der Waals surface area (Å²) in [6.45, 7) is 3.32. The van der Waals surface area contributed by atoms with Gasteiger partial charge in [-0.3, -0.25) is 10.1 Å². The van der Waals surface area contributed by atoms with Gasteiger partial charge >= 0.3 is 6.09 Å². The predicted octanol–water partition coefficient (Wildman–Crippen LogP) is -1.15. The van der Waals surface area contributed by atoms with Gasteiger partial charge < -0.3 is 9.64 Å². The van der Waals surface area contributed by atoms with Gasteiger partial charge in [-0.2, -0.15) is 4.31 Å². The van der Waals surface area contributed by atoms with E-state index in [2.05, 4.69) is 10.1 Å². The number of carbonyl (C=O) groups is 2. The summed E-state index contributed by atoms with van der Waals surface area (Å²) in [4.78, 5) is 24.2. The fraction of sp³-hybridized carbons (Fsp3) is 0.467. The van der Waals surface area contributed by atoms with E-state index in [0.29, 0.717) is 26.2 Å². The predicted molar refractivity (Wildman–Crippen MR) is 85.9 cm³/mol. The van der Waals surface area contributed by atoms with Gasteiger partial charge in [0.2, 0.25) is 10.0 Å². The molecular weight excluding hydrogens is 334 g/mol. The van der Waals surface area contributed by atoms with E-state index in [1.54, 1.807) is 37.3 Å². The molecule has 8 nitrogen and oxygen atoms in total. The number of amides is 2. The number of imide groups is 1. The van der Waals surface area contributed by atoms with E-state index in [4.69, 9.17) is 0 Å². The van der Waals surface area contributed by atoms with E-state index in [9.17, 15) is 18.0 Å². The quantitative estimate of drug-likeness (QED) is 0.710. The van der Waals surface area contributed by atoms with E-state index < -0.39 is 28.1 Å². The van der Waals surface area contributed by atoms with Crippen molar-refractivity contribution in [1.82, 2.24) is 9.62 Å². The summed E-state index contributed by atoms with van der Waals surface area (Å²) in [6, 6.07) is 7.82. The largest absolute Gasteiger partial charge is 0.453 e. The average Bonchev–Trinajstić information content (AvgIpc) is 2.61. The zero-order valence-electron chi connectivity index (χ0n) is 13.7. The number of carbonyl (C=O) groups excluding carboxylic acids is 2. The van der Waals surface area contributed by atoms with Crippen LogP contribution in [-0.2, 0) is 19.6 Å². The Morgan fingerprint density at radius 1 is 1.21 bits per heavy atom. The molecular formula is C15H22N3O5S+. The molecule has 1 aliphatic rings. The fourth-order valence-corrected chi connectivity index (χ4v) is 4.10. The standard InChI is InChI=1S/C15H21N3O5S/c1-12(14(19)16-15(20)23-2)17-8-10-18(11-9-17)24(21,22)13-6-4-3-5-7-13/h3-7,12H,8-11H2,1-2H3,(H,16,19,20)/p+1/t12-/m0/s1. The Bertz CT molecular complexity index is 684. The Hall–Kier alpha value is -1.97. The van der Waals surface area contributed by atoms with Gasteiger partial charge in [-0.1, -0.05) is 18.2 Å². The molecule has 0 spiro atoms. The lowest BCUT2D eigenvalue weighted by Crippen LogP contribution is -3.19. The maximum Gasteiger partial charge on any atom is 0.413 e. The summed E-state index contributed by atoms with van der Waals surface area (Å²) in [5, 5.41) is 2.14. The summed E-state index contributed by atoms with van der Waals surface area (Å²) in [5.74, 6) is -0.434. The van der Waals surface area contributed by atoms with Crippen LogP contribution in [0.3, 0.4) is 0 Å². The van der Waals surface area contributed by atoms with E-state index >= 15 is 0 Å². The summed E-state index contributed by atoms with van der Waals surface area (Å²) in [5.41, 5.74) is 0. The average molecular weight is 356 g/mol. The van der Waals surface area contributed by atoms with Crippen molar-refractivity contribution in [3.8, 4) is 0 Å². The van der Waals surface area contributed by atoms with Crippen LogP contribution in [0.15, 0.2) is 35.2 Å². The third kappa shape index (κ3) is 4.11. The molecule has 2 rings (SSSR count). The number of ether oxygens (including phenoxy) is 1. The molecule has 1 heterocycles. The first kappa shape index (κ1) is 18.4. The van der Waals surface area contributed by atoms with Gasteiger partial charge in [-0.25, -0.2) is 13.2 Å². The first-order valence-electron chi connectivity index (χ1n) is 7.65.